The lowest BCUT2D eigenvalue weighted by Crippen LogP contribution is -2.37. The third kappa shape index (κ3) is 6.67. The van der Waals surface area contributed by atoms with E-state index < -0.39 is 0 Å². The lowest BCUT2D eigenvalue weighted by atomic mass is 9.83. The molecule has 2 atom stereocenters. The Morgan fingerprint density at radius 2 is 1.80 bits per heavy atom. The Morgan fingerprint density at radius 1 is 1.27 bits per heavy atom. The fourth-order valence-electron chi connectivity index (χ4n) is 1.62. The van der Waals surface area contributed by atoms with Gasteiger partial charge in [-0.15, -0.1) is 0 Å². The Bertz CT molecular complexity index is 193. The van der Waals surface area contributed by atoms with Crippen molar-refractivity contribution in [1.29, 1.82) is 0 Å². The largest absolute Gasteiger partial charge is 0.327 e. The second kappa shape index (κ2) is 6.26. The summed E-state index contributed by atoms with van der Waals surface area (Å²) in [6.45, 7) is 10.5. The second-order valence-corrected chi connectivity index (χ2v) is 5.81. The van der Waals surface area contributed by atoms with Gasteiger partial charge in [0.15, 0.2) is 0 Å². The van der Waals surface area contributed by atoms with Gasteiger partial charge in [-0.25, -0.2) is 0 Å². The average molecular weight is 213 g/mol. The van der Waals surface area contributed by atoms with E-state index in [0.29, 0.717) is 24.5 Å². The molecule has 0 rings (SSSR count). The van der Waals surface area contributed by atoms with Crippen LogP contribution >= 0.6 is 0 Å². The number of nitrogens with two attached hydrogens (primary N) is 1. The molecular formula is C13H27NO. The minimum atomic E-state index is -0.0150. The lowest BCUT2D eigenvalue weighted by Gasteiger charge is -2.26. The van der Waals surface area contributed by atoms with Crippen LogP contribution in [0.1, 0.15) is 60.3 Å². The molecule has 0 aromatic heterocycles. The molecular weight excluding hydrogens is 186 g/mol. The Kier molecular flexibility index (Phi) is 6.11. The maximum absolute atomic E-state index is 11.7. The van der Waals surface area contributed by atoms with Gasteiger partial charge in [0.25, 0.3) is 0 Å². The van der Waals surface area contributed by atoms with Crippen molar-refractivity contribution >= 4 is 5.78 Å². The summed E-state index contributed by atoms with van der Waals surface area (Å²) in [4.78, 5) is 11.7. The van der Waals surface area contributed by atoms with Crippen molar-refractivity contribution in [2.24, 2.45) is 17.1 Å². The molecule has 2 N–H and O–H groups in total. The first kappa shape index (κ1) is 14.6. The Balaban J connectivity index is 3.94. The van der Waals surface area contributed by atoms with Gasteiger partial charge in [0, 0.05) is 18.9 Å². The number of carbonyl (C=O) groups excluding carboxylic acids is 1. The lowest BCUT2D eigenvalue weighted by molar-refractivity contribution is -0.120. The van der Waals surface area contributed by atoms with Crippen LogP contribution in [0.3, 0.4) is 0 Å². The normalized spacial score (nSPS) is 16.1. The molecule has 2 nitrogen and oxygen atoms in total. The molecule has 0 bridgehead atoms. The summed E-state index contributed by atoms with van der Waals surface area (Å²) in [6.07, 6.45) is 3.51. The van der Waals surface area contributed by atoms with E-state index in [1.54, 1.807) is 0 Å². The summed E-state index contributed by atoms with van der Waals surface area (Å²) in [5.41, 5.74) is 6.01. The van der Waals surface area contributed by atoms with Crippen molar-refractivity contribution in [2.45, 2.75) is 66.3 Å². The molecule has 0 aliphatic rings. The van der Waals surface area contributed by atoms with Crippen LogP contribution in [0.15, 0.2) is 0 Å². The maximum atomic E-state index is 11.7. The van der Waals surface area contributed by atoms with Crippen molar-refractivity contribution < 1.29 is 4.79 Å². The van der Waals surface area contributed by atoms with Gasteiger partial charge in [-0.3, -0.25) is 4.79 Å². The van der Waals surface area contributed by atoms with Crippen LogP contribution in [0.2, 0.25) is 0 Å². The number of hydrogen-bond donors (Lipinski definition) is 1. The van der Waals surface area contributed by atoms with Crippen molar-refractivity contribution in [3.05, 3.63) is 0 Å². The Hall–Kier alpha value is -0.370. The van der Waals surface area contributed by atoms with Gasteiger partial charge < -0.3 is 5.73 Å². The van der Waals surface area contributed by atoms with E-state index in [1.165, 1.54) is 0 Å². The van der Waals surface area contributed by atoms with Gasteiger partial charge in [0.2, 0.25) is 0 Å². The molecule has 0 aromatic rings. The van der Waals surface area contributed by atoms with Gasteiger partial charge in [-0.05, 0) is 11.3 Å². The number of Topliss-reactive ketones (excluding diaryl/α,β-unsaturated/α-hetero) is 1. The fraction of sp³-hybridized carbons (Fsp3) is 0.923. The van der Waals surface area contributed by atoms with Gasteiger partial charge in [-0.1, -0.05) is 47.5 Å². The minimum Gasteiger partial charge on any atom is -0.327 e. The summed E-state index contributed by atoms with van der Waals surface area (Å²) in [5, 5.41) is 0. The molecule has 0 saturated heterocycles. The molecule has 0 fully saturated rings. The van der Waals surface area contributed by atoms with Crippen molar-refractivity contribution in [3.8, 4) is 0 Å². The summed E-state index contributed by atoms with van der Waals surface area (Å²) in [6, 6.07) is -0.0150. The molecule has 0 amide bonds. The van der Waals surface area contributed by atoms with Crippen molar-refractivity contribution in [3.63, 3.8) is 0 Å². The zero-order chi connectivity index (χ0) is 12.1. The van der Waals surface area contributed by atoms with Crippen LogP contribution in [0.5, 0.6) is 0 Å². The van der Waals surface area contributed by atoms with E-state index in [0.717, 1.165) is 12.8 Å². The van der Waals surface area contributed by atoms with Gasteiger partial charge in [0.1, 0.15) is 5.78 Å². The molecule has 2 heteroatoms. The highest BCUT2D eigenvalue weighted by Crippen LogP contribution is 2.21. The molecule has 0 heterocycles. The van der Waals surface area contributed by atoms with E-state index in [9.17, 15) is 4.79 Å². The predicted molar refractivity (Wildman–Crippen MR) is 65.7 cm³/mol. The second-order valence-electron chi connectivity index (χ2n) is 5.81. The molecule has 90 valence electrons. The maximum Gasteiger partial charge on any atom is 0.134 e. The smallest absolute Gasteiger partial charge is 0.134 e. The van der Waals surface area contributed by atoms with E-state index >= 15 is 0 Å². The third-order valence-corrected chi connectivity index (χ3v) is 2.92. The zero-order valence-electron chi connectivity index (χ0n) is 11.0. The molecule has 0 aromatic carbocycles. The number of hydrogen-bond acceptors (Lipinski definition) is 2. The summed E-state index contributed by atoms with van der Waals surface area (Å²) in [5.74, 6) is 0.827. The standard InChI is InChI=1S/C13H27NO/c1-6-7-10(2)8-11(15)9-12(14)13(3,4)5/h10,12H,6-9,14H2,1-5H3. The van der Waals surface area contributed by atoms with Crippen LogP contribution in [0, 0.1) is 11.3 Å². The summed E-state index contributed by atoms with van der Waals surface area (Å²) < 4.78 is 0. The summed E-state index contributed by atoms with van der Waals surface area (Å²) >= 11 is 0. The van der Waals surface area contributed by atoms with E-state index in [2.05, 4.69) is 34.6 Å². The molecule has 0 aliphatic carbocycles. The number of rotatable bonds is 6. The van der Waals surface area contributed by atoms with Crippen LogP contribution in [-0.2, 0) is 4.79 Å². The predicted octanol–water partition coefficient (Wildman–Crippen LogP) is 3.15. The first-order valence-electron chi connectivity index (χ1n) is 6.04. The third-order valence-electron chi connectivity index (χ3n) is 2.92. The van der Waals surface area contributed by atoms with Crippen LogP contribution < -0.4 is 5.73 Å². The number of ketones is 1. The topological polar surface area (TPSA) is 43.1 Å². The van der Waals surface area contributed by atoms with Crippen molar-refractivity contribution in [2.75, 3.05) is 0 Å². The summed E-state index contributed by atoms with van der Waals surface area (Å²) in [7, 11) is 0. The molecule has 0 radical (unpaired) electrons. The number of carbonyl (C=O) groups is 1. The zero-order valence-corrected chi connectivity index (χ0v) is 11.0. The first-order chi connectivity index (χ1) is 6.77. The van der Waals surface area contributed by atoms with Gasteiger partial charge in [0.05, 0.1) is 0 Å². The first-order valence-corrected chi connectivity index (χ1v) is 6.04. The highest BCUT2D eigenvalue weighted by atomic mass is 16.1. The monoisotopic (exact) mass is 213 g/mol. The van der Waals surface area contributed by atoms with E-state index in [1.807, 2.05) is 0 Å². The van der Waals surface area contributed by atoms with E-state index in [-0.39, 0.29) is 11.5 Å². The fourth-order valence-corrected chi connectivity index (χ4v) is 1.62. The highest BCUT2D eigenvalue weighted by molar-refractivity contribution is 5.79. The minimum absolute atomic E-state index is 0.0150. The van der Waals surface area contributed by atoms with Gasteiger partial charge >= 0.3 is 0 Å². The van der Waals surface area contributed by atoms with Crippen LogP contribution in [-0.4, -0.2) is 11.8 Å². The van der Waals surface area contributed by atoms with Crippen molar-refractivity contribution in [1.82, 2.24) is 0 Å². The molecule has 15 heavy (non-hydrogen) atoms. The van der Waals surface area contributed by atoms with Crippen LogP contribution in [0.4, 0.5) is 0 Å². The quantitative estimate of drug-likeness (QED) is 0.736. The van der Waals surface area contributed by atoms with Gasteiger partial charge in [-0.2, -0.15) is 0 Å². The molecule has 2 unspecified atom stereocenters. The molecule has 0 saturated carbocycles. The Labute approximate surface area is 94.6 Å². The Morgan fingerprint density at radius 3 is 2.20 bits per heavy atom. The van der Waals surface area contributed by atoms with E-state index in [4.69, 9.17) is 5.73 Å². The highest BCUT2D eigenvalue weighted by Gasteiger charge is 2.23. The average Bonchev–Trinajstić information content (AvgIpc) is 2.01. The van der Waals surface area contributed by atoms with Crippen LogP contribution in [0.25, 0.3) is 0 Å². The molecule has 0 spiro atoms. The molecule has 0 aliphatic heterocycles. The SMILES string of the molecule is CCCC(C)CC(=O)CC(N)C(C)(C)C.